The Morgan fingerprint density at radius 1 is 1.30 bits per heavy atom. The van der Waals surface area contributed by atoms with E-state index in [1.165, 1.54) is 16.8 Å². The van der Waals surface area contributed by atoms with Gasteiger partial charge in [0.1, 0.15) is 5.69 Å². The molecule has 0 bridgehead atoms. The van der Waals surface area contributed by atoms with Crippen LogP contribution in [0.15, 0.2) is 24.3 Å². The summed E-state index contributed by atoms with van der Waals surface area (Å²) in [6.07, 6.45) is -2.94. The number of carbonyl (C=O) groups is 1. The number of carbonyl (C=O) groups excluding carboxylic acids is 1. The number of aromatic nitrogens is 2. The first-order valence-electron chi connectivity index (χ1n) is 6.94. The lowest BCUT2D eigenvalue weighted by atomic mass is 10.2. The van der Waals surface area contributed by atoms with Crippen molar-refractivity contribution in [2.24, 2.45) is 7.05 Å². The third-order valence-electron chi connectivity index (χ3n) is 3.23. The van der Waals surface area contributed by atoms with E-state index in [9.17, 15) is 18.0 Å². The van der Waals surface area contributed by atoms with Crippen molar-refractivity contribution >= 4 is 23.2 Å². The molecule has 1 N–H and O–H groups in total. The standard InChI is InChI=1S/C15H15ClF3N3O/c1-3-4-11-12(16)13(22(2)21-11)14(23)20-10-7-5-9(6-8-10)15(17,18)19/h5-8H,3-4H2,1-2H3,(H,20,23). The van der Waals surface area contributed by atoms with Crippen molar-refractivity contribution in [1.82, 2.24) is 9.78 Å². The van der Waals surface area contributed by atoms with Gasteiger partial charge in [-0.05, 0) is 30.7 Å². The predicted octanol–water partition coefficient (Wildman–Crippen LogP) is 4.30. The summed E-state index contributed by atoms with van der Waals surface area (Å²) in [4.78, 5) is 12.3. The van der Waals surface area contributed by atoms with E-state index in [0.29, 0.717) is 12.1 Å². The zero-order valence-electron chi connectivity index (χ0n) is 12.5. The first kappa shape index (κ1) is 17.3. The fourth-order valence-corrected chi connectivity index (χ4v) is 2.47. The first-order chi connectivity index (χ1) is 10.7. The lowest BCUT2D eigenvalue weighted by molar-refractivity contribution is -0.137. The number of rotatable bonds is 4. The molecule has 0 fully saturated rings. The summed E-state index contributed by atoms with van der Waals surface area (Å²) in [7, 11) is 1.59. The quantitative estimate of drug-likeness (QED) is 0.898. The van der Waals surface area contributed by atoms with Crippen LogP contribution in [0.4, 0.5) is 18.9 Å². The van der Waals surface area contributed by atoms with Crippen molar-refractivity contribution in [1.29, 1.82) is 0 Å². The molecule has 0 atom stereocenters. The molecule has 0 aliphatic rings. The zero-order valence-corrected chi connectivity index (χ0v) is 13.3. The first-order valence-corrected chi connectivity index (χ1v) is 7.31. The lowest BCUT2D eigenvalue weighted by Gasteiger charge is -2.09. The van der Waals surface area contributed by atoms with E-state index < -0.39 is 17.6 Å². The van der Waals surface area contributed by atoms with Crippen molar-refractivity contribution in [3.8, 4) is 0 Å². The van der Waals surface area contributed by atoms with Crippen LogP contribution in [0.3, 0.4) is 0 Å². The maximum absolute atomic E-state index is 12.5. The molecule has 1 heterocycles. The Kier molecular flexibility index (Phi) is 4.99. The summed E-state index contributed by atoms with van der Waals surface area (Å²) in [5, 5.41) is 6.97. The summed E-state index contributed by atoms with van der Waals surface area (Å²) < 4.78 is 38.9. The molecule has 2 aromatic rings. The molecule has 0 unspecified atom stereocenters. The van der Waals surface area contributed by atoms with Gasteiger partial charge in [0.15, 0.2) is 0 Å². The zero-order chi connectivity index (χ0) is 17.2. The van der Waals surface area contributed by atoms with E-state index in [2.05, 4.69) is 10.4 Å². The van der Waals surface area contributed by atoms with Gasteiger partial charge in [-0.25, -0.2) is 0 Å². The third kappa shape index (κ3) is 3.85. The molecule has 0 aliphatic heterocycles. The predicted molar refractivity (Wildman–Crippen MR) is 81.6 cm³/mol. The van der Waals surface area contributed by atoms with Crippen LogP contribution in [0.5, 0.6) is 0 Å². The number of nitrogens with one attached hydrogen (secondary N) is 1. The minimum atomic E-state index is -4.41. The van der Waals surface area contributed by atoms with Gasteiger partial charge < -0.3 is 5.32 Å². The molecule has 0 saturated carbocycles. The van der Waals surface area contributed by atoms with Crippen molar-refractivity contribution < 1.29 is 18.0 Å². The molecule has 0 spiro atoms. The number of alkyl halides is 3. The Bertz CT molecular complexity index is 708. The fourth-order valence-electron chi connectivity index (χ4n) is 2.13. The number of nitrogens with zero attached hydrogens (tertiary/aromatic N) is 2. The van der Waals surface area contributed by atoms with E-state index in [4.69, 9.17) is 11.6 Å². The highest BCUT2D eigenvalue weighted by Gasteiger charge is 2.30. The Labute approximate surface area is 136 Å². The van der Waals surface area contributed by atoms with Crippen molar-refractivity contribution in [2.45, 2.75) is 25.9 Å². The molecule has 2 rings (SSSR count). The molecular weight excluding hydrogens is 331 g/mol. The topological polar surface area (TPSA) is 46.9 Å². The molecule has 1 aromatic carbocycles. The van der Waals surface area contributed by atoms with Crippen LogP contribution in [0.25, 0.3) is 0 Å². The smallest absolute Gasteiger partial charge is 0.321 e. The minimum Gasteiger partial charge on any atom is -0.321 e. The SMILES string of the molecule is CCCc1nn(C)c(C(=O)Nc2ccc(C(F)(F)F)cc2)c1Cl. The van der Waals surface area contributed by atoms with Gasteiger partial charge in [0, 0.05) is 12.7 Å². The van der Waals surface area contributed by atoms with E-state index in [1.807, 2.05) is 6.92 Å². The summed E-state index contributed by atoms with van der Waals surface area (Å²) in [5.74, 6) is -0.521. The third-order valence-corrected chi connectivity index (χ3v) is 3.62. The number of aryl methyl sites for hydroxylation is 2. The normalized spacial score (nSPS) is 11.6. The summed E-state index contributed by atoms with van der Waals surface area (Å²) >= 11 is 6.16. The number of halogens is 4. The number of anilines is 1. The summed E-state index contributed by atoms with van der Waals surface area (Å²) in [6.45, 7) is 1.97. The largest absolute Gasteiger partial charge is 0.416 e. The maximum Gasteiger partial charge on any atom is 0.416 e. The monoisotopic (exact) mass is 345 g/mol. The fraction of sp³-hybridized carbons (Fsp3) is 0.333. The Morgan fingerprint density at radius 2 is 1.91 bits per heavy atom. The van der Waals surface area contributed by atoms with Gasteiger partial charge in [0.25, 0.3) is 5.91 Å². The van der Waals surface area contributed by atoms with Crippen molar-refractivity contribution in [2.75, 3.05) is 5.32 Å². The second-order valence-electron chi connectivity index (χ2n) is 5.01. The Morgan fingerprint density at radius 3 is 2.43 bits per heavy atom. The van der Waals surface area contributed by atoms with Crippen LogP contribution in [0.2, 0.25) is 5.02 Å². The van der Waals surface area contributed by atoms with Gasteiger partial charge in [0.05, 0.1) is 16.3 Å². The molecule has 0 saturated heterocycles. The highest BCUT2D eigenvalue weighted by molar-refractivity contribution is 6.34. The van der Waals surface area contributed by atoms with Gasteiger partial charge >= 0.3 is 6.18 Å². The number of benzene rings is 1. The molecule has 8 heteroatoms. The van der Waals surface area contributed by atoms with Crippen molar-refractivity contribution in [3.05, 3.63) is 46.2 Å². The molecule has 23 heavy (non-hydrogen) atoms. The average molecular weight is 346 g/mol. The number of hydrogen-bond donors (Lipinski definition) is 1. The molecule has 0 radical (unpaired) electrons. The lowest BCUT2D eigenvalue weighted by Crippen LogP contribution is -2.16. The van der Waals surface area contributed by atoms with E-state index in [0.717, 1.165) is 18.6 Å². The van der Waals surface area contributed by atoms with Crippen LogP contribution in [-0.4, -0.2) is 15.7 Å². The van der Waals surface area contributed by atoms with Crippen molar-refractivity contribution in [3.63, 3.8) is 0 Å². The summed E-state index contributed by atoms with van der Waals surface area (Å²) in [6, 6.07) is 4.20. The number of amides is 1. The maximum atomic E-state index is 12.5. The van der Waals surface area contributed by atoms with Crippen LogP contribution in [0, 0.1) is 0 Å². The summed E-state index contributed by atoms with van der Waals surface area (Å²) in [5.41, 5.74) is 0.265. The Balaban J connectivity index is 2.19. The van der Waals surface area contributed by atoms with E-state index >= 15 is 0 Å². The van der Waals surface area contributed by atoms with Crippen LogP contribution < -0.4 is 5.32 Å². The van der Waals surface area contributed by atoms with Crippen LogP contribution >= 0.6 is 11.6 Å². The van der Waals surface area contributed by atoms with Gasteiger partial charge in [-0.3, -0.25) is 9.48 Å². The average Bonchev–Trinajstić information content (AvgIpc) is 2.73. The number of hydrogen-bond acceptors (Lipinski definition) is 2. The van der Waals surface area contributed by atoms with Gasteiger partial charge in [-0.15, -0.1) is 0 Å². The van der Waals surface area contributed by atoms with Gasteiger partial charge in [-0.2, -0.15) is 18.3 Å². The molecule has 1 amide bonds. The second kappa shape index (κ2) is 6.62. The highest BCUT2D eigenvalue weighted by Crippen LogP contribution is 2.30. The van der Waals surface area contributed by atoms with Gasteiger partial charge in [0.2, 0.25) is 0 Å². The molecule has 124 valence electrons. The van der Waals surface area contributed by atoms with Gasteiger partial charge in [-0.1, -0.05) is 24.9 Å². The molecule has 1 aromatic heterocycles. The minimum absolute atomic E-state index is 0.176. The Hall–Kier alpha value is -2.02. The molecule has 4 nitrogen and oxygen atoms in total. The molecular formula is C15H15ClF3N3O. The second-order valence-corrected chi connectivity index (χ2v) is 5.39. The van der Waals surface area contributed by atoms with Crippen LogP contribution in [0.1, 0.15) is 35.1 Å². The highest BCUT2D eigenvalue weighted by atomic mass is 35.5. The van der Waals surface area contributed by atoms with E-state index in [1.54, 1.807) is 7.05 Å². The molecule has 0 aliphatic carbocycles. The van der Waals surface area contributed by atoms with Crippen LogP contribution in [-0.2, 0) is 19.6 Å². The van der Waals surface area contributed by atoms with E-state index in [-0.39, 0.29) is 16.4 Å².